The fourth-order valence-corrected chi connectivity index (χ4v) is 5.16. The Bertz CT molecular complexity index is 1160. The summed E-state index contributed by atoms with van der Waals surface area (Å²) in [5, 5.41) is 3.00. The molecule has 2 aliphatic heterocycles. The molecule has 1 N–H and O–H groups in total. The predicted octanol–water partition coefficient (Wildman–Crippen LogP) is 5.01. The van der Waals surface area contributed by atoms with Crippen molar-refractivity contribution in [3.63, 3.8) is 0 Å². The maximum absolute atomic E-state index is 12.9. The van der Waals surface area contributed by atoms with Gasteiger partial charge in [0.05, 0.1) is 36.4 Å². The highest BCUT2D eigenvalue weighted by Gasteiger charge is 2.24. The van der Waals surface area contributed by atoms with E-state index in [-0.39, 0.29) is 5.91 Å². The van der Waals surface area contributed by atoms with Gasteiger partial charge in [-0.25, -0.2) is 4.99 Å². The van der Waals surface area contributed by atoms with Crippen LogP contribution in [0.15, 0.2) is 47.9 Å². The third-order valence-corrected chi connectivity index (χ3v) is 7.35. The summed E-state index contributed by atoms with van der Waals surface area (Å²) in [6.07, 6.45) is 17.3. The molecule has 0 bridgehead atoms. The van der Waals surface area contributed by atoms with Gasteiger partial charge in [0, 0.05) is 37.7 Å². The highest BCUT2D eigenvalue weighted by Crippen LogP contribution is 2.31. The number of carbonyl (C=O) groups is 1. The number of pyridine rings is 1. The molecule has 7 heteroatoms. The van der Waals surface area contributed by atoms with Crippen LogP contribution in [0.25, 0.3) is 11.4 Å². The van der Waals surface area contributed by atoms with E-state index in [1.54, 1.807) is 6.20 Å². The number of rotatable bonds is 6. The Labute approximate surface area is 207 Å². The van der Waals surface area contributed by atoms with Crippen LogP contribution in [0.3, 0.4) is 0 Å². The number of amides is 1. The van der Waals surface area contributed by atoms with Crippen molar-refractivity contribution in [3.8, 4) is 0 Å². The standard InChI is InChI=1S/C28H35N5O2/c1-3-21-4-9-26(29-17-21)33-11-10-23(19-33)28(34)31-24-16-20(2)27(30-18-24)22-5-7-25(8-6-22)32-12-14-35-15-13-32/h5,9-11,16-19,21,25H,3-4,6-8,12-15H2,1-2H3,(H,31,34). The first-order valence-corrected chi connectivity index (χ1v) is 12.8. The van der Waals surface area contributed by atoms with E-state index >= 15 is 0 Å². The largest absolute Gasteiger partial charge is 0.379 e. The van der Waals surface area contributed by atoms with E-state index in [1.807, 2.05) is 35.3 Å². The molecule has 5 rings (SSSR count). The van der Waals surface area contributed by atoms with E-state index in [4.69, 9.17) is 9.72 Å². The highest BCUT2D eigenvalue weighted by atomic mass is 16.5. The van der Waals surface area contributed by atoms with Crippen molar-refractivity contribution in [2.24, 2.45) is 10.9 Å². The number of aliphatic imine (C=N–C) groups is 1. The third kappa shape index (κ3) is 5.46. The molecule has 4 heterocycles. The van der Waals surface area contributed by atoms with Crippen LogP contribution in [0.2, 0.25) is 0 Å². The number of allylic oxidation sites excluding steroid dienone is 2. The number of aromatic nitrogens is 2. The molecule has 35 heavy (non-hydrogen) atoms. The fourth-order valence-electron chi connectivity index (χ4n) is 5.16. The number of carbonyl (C=O) groups excluding carboxylic acids is 1. The van der Waals surface area contributed by atoms with Crippen LogP contribution in [-0.4, -0.2) is 58.9 Å². The molecular weight excluding hydrogens is 438 g/mol. The molecule has 1 fully saturated rings. The average Bonchev–Trinajstić information content (AvgIpc) is 3.40. The van der Waals surface area contributed by atoms with Crippen LogP contribution in [-0.2, 0) is 4.74 Å². The summed E-state index contributed by atoms with van der Waals surface area (Å²) in [5.41, 5.74) is 4.76. The monoisotopic (exact) mass is 473 g/mol. The maximum atomic E-state index is 12.9. The molecule has 3 aliphatic rings. The number of anilines is 1. The number of aryl methyl sites for hydroxylation is 1. The van der Waals surface area contributed by atoms with Crippen molar-refractivity contribution in [2.75, 3.05) is 31.6 Å². The quantitative estimate of drug-likeness (QED) is 0.640. The molecule has 2 unspecified atom stereocenters. The van der Waals surface area contributed by atoms with Gasteiger partial charge >= 0.3 is 0 Å². The zero-order valence-electron chi connectivity index (χ0n) is 20.7. The second kappa shape index (κ2) is 10.7. The molecular formula is C28H35N5O2. The molecule has 2 aromatic rings. The molecule has 1 aliphatic carbocycles. The van der Waals surface area contributed by atoms with Crippen LogP contribution in [0.4, 0.5) is 5.69 Å². The van der Waals surface area contributed by atoms with Gasteiger partial charge in [-0.15, -0.1) is 0 Å². The van der Waals surface area contributed by atoms with E-state index in [2.05, 4.69) is 41.2 Å². The van der Waals surface area contributed by atoms with Gasteiger partial charge in [-0.05, 0) is 74.3 Å². The lowest BCUT2D eigenvalue weighted by molar-refractivity contribution is 0.0150. The molecule has 7 nitrogen and oxygen atoms in total. The van der Waals surface area contributed by atoms with Crippen molar-refractivity contribution in [1.29, 1.82) is 0 Å². The summed E-state index contributed by atoms with van der Waals surface area (Å²) >= 11 is 0. The number of morpholine rings is 1. The zero-order valence-corrected chi connectivity index (χ0v) is 20.7. The molecule has 1 saturated heterocycles. The van der Waals surface area contributed by atoms with Gasteiger partial charge in [-0.2, -0.15) is 0 Å². The molecule has 0 spiro atoms. The predicted molar refractivity (Wildman–Crippen MR) is 141 cm³/mol. The number of hydrogen-bond donors (Lipinski definition) is 1. The van der Waals surface area contributed by atoms with Crippen molar-refractivity contribution in [1.82, 2.24) is 14.5 Å². The first kappa shape index (κ1) is 23.7. The molecule has 0 radical (unpaired) electrons. The lowest BCUT2D eigenvalue weighted by Crippen LogP contribution is -2.43. The summed E-state index contributed by atoms with van der Waals surface area (Å²) in [6.45, 7) is 8.00. The van der Waals surface area contributed by atoms with Crippen LogP contribution in [0.1, 0.15) is 60.6 Å². The lowest BCUT2D eigenvalue weighted by Gasteiger charge is -2.36. The zero-order chi connectivity index (χ0) is 24.2. The second-order valence-electron chi connectivity index (χ2n) is 9.70. The van der Waals surface area contributed by atoms with Gasteiger partial charge in [0.1, 0.15) is 5.82 Å². The van der Waals surface area contributed by atoms with E-state index in [9.17, 15) is 4.79 Å². The Morgan fingerprint density at radius 1 is 1.23 bits per heavy atom. The minimum atomic E-state index is -0.144. The van der Waals surface area contributed by atoms with E-state index in [1.165, 1.54) is 5.57 Å². The fraction of sp³-hybridized carbons (Fsp3) is 0.464. The normalized spacial score (nSPS) is 23.0. The first-order chi connectivity index (χ1) is 17.1. The smallest absolute Gasteiger partial charge is 0.257 e. The van der Waals surface area contributed by atoms with E-state index < -0.39 is 0 Å². The molecule has 184 valence electrons. The molecule has 0 aromatic carbocycles. The average molecular weight is 474 g/mol. The summed E-state index contributed by atoms with van der Waals surface area (Å²) in [4.78, 5) is 24.7. The Hall–Kier alpha value is -3.03. The molecule has 0 saturated carbocycles. The Morgan fingerprint density at radius 3 is 2.77 bits per heavy atom. The topological polar surface area (TPSA) is 71.8 Å². The minimum Gasteiger partial charge on any atom is -0.379 e. The summed E-state index contributed by atoms with van der Waals surface area (Å²) in [5.74, 6) is 1.23. The molecule has 2 atom stereocenters. The first-order valence-electron chi connectivity index (χ1n) is 12.8. The maximum Gasteiger partial charge on any atom is 0.257 e. The lowest BCUT2D eigenvalue weighted by atomic mass is 9.90. The number of hydrogen-bond acceptors (Lipinski definition) is 5. The number of ether oxygens (including phenoxy) is 1. The van der Waals surface area contributed by atoms with Crippen LogP contribution in [0.5, 0.6) is 0 Å². The third-order valence-electron chi connectivity index (χ3n) is 7.35. The van der Waals surface area contributed by atoms with E-state index in [0.717, 1.165) is 75.5 Å². The van der Waals surface area contributed by atoms with Gasteiger partial charge in [0.15, 0.2) is 0 Å². The van der Waals surface area contributed by atoms with Gasteiger partial charge in [0.25, 0.3) is 5.91 Å². The van der Waals surface area contributed by atoms with Crippen LogP contribution >= 0.6 is 0 Å². The summed E-state index contributed by atoms with van der Waals surface area (Å²) in [7, 11) is 0. The van der Waals surface area contributed by atoms with Crippen molar-refractivity contribution in [2.45, 2.75) is 52.0 Å². The summed E-state index contributed by atoms with van der Waals surface area (Å²) in [6, 6.07) is 4.45. The SMILES string of the molecule is CCC1C=NC(n2ccc(C(=O)Nc3cnc(C4=CCC(N5CCOCC5)CC4)c(C)c3)c2)=CC1. The highest BCUT2D eigenvalue weighted by molar-refractivity contribution is 6.04. The second-order valence-corrected chi connectivity index (χ2v) is 9.70. The summed E-state index contributed by atoms with van der Waals surface area (Å²) < 4.78 is 7.40. The Morgan fingerprint density at radius 2 is 2.09 bits per heavy atom. The van der Waals surface area contributed by atoms with Gasteiger partial charge in [-0.1, -0.05) is 13.0 Å². The van der Waals surface area contributed by atoms with Crippen LogP contribution in [0, 0.1) is 12.8 Å². The van der Waals surface area contributed by atoms with Gasteiger partial charge in [0.2, 0.25) is 0 Å². The van der Waals surface area contributed by atoms with Crippen molar-refractivity contribution in [3.05, 3.63) is 59.7 Å². The number of nitrogens with zero attached hydrogens (tertiary/aromatic N) is 4. The van der Waals surface area contributed by atoms with Crippen LogP contribution < -0.4 is 5.32 Å². The van der Waals surface area contributed by atoms with E-state index in [0.29, 0.717) is 23.2 Å². The molecule has 1 amide bonds. The molecule has 2 aromatic heterocycles. The van der Waals surface area contributed by atoms with Gasteiger partial charge in [-0.3, -0.25) is 14.7 Å². The minimum absolute atomic E-state index is 0.144. The Kier molecular flexibility index (Phi) is 7.25. The van der Waals surface area contributed by atoms with Crippen molar-refractivity contribution >= 4 is 29.2 Å². The number of nitrogens with one attached hydrogen (secondary N) is 1. The van der Waals surface area contributed by atoms with Gasteiger partial charge < -0.3 is 14.6 Å². The van der Waals surface area contributed by atoms with Crippen molar-refractivity contribution < 1.29 is 9.53 Å². The Balaban J connectivity index is 1.21.